The lowest BCUT2D eigenvalue weighted by molar-refractivity contribution is 0.0890. The highest BCUT2D eigenvalue weighted by Gasteiger charge is 2.31. The molecular weight excluding hydrogens is 425 g/mol. The monoisotopic (exact) mass is 453 g/mol. The van der Waals surface area contributed by atoms with Crippen molar-refractivity contribution in [3.05, 3.63) is 82.3 Å². The van der Waals surface area contributed by atoms with Crippen molar-refractivity contribution in [2.75, 3.05) is 38.2 Å². The van der Waals surface area contributed by atoms with Crippen molar-refractivity contribution in [3.8, 4) is 5.75 Å². The summed E-state index contributed by atoms with van der Waals surface area (Å²) in [6.45, 7) is 5.60. The minimum absolute atomic E-state index is 0.0607. The maximum Gasteiger partial charge on any atom is 0.251 e. The molecule has 0 bridgehead atoms. The number of carbonyl (C=O) groups is 1. The summed E-state index contributed by atoms with van der Waals surface area (Å²) in [4.78, 5) is 18.8. The molecule has 7 heteroatoms. The minimum Gasteiger partial charge on any atom is -0.497 e. The summed E-state index contributed by atoms with van der Waals surface area (Å²) in [5.41, 5.74) is 1.52. The van der Waals surface area contributed by atoms with Crippen molar-refractivity contribution in [3.63, 3.8) is 0 Å². The first-order valence-electron chi connectivity index (χ1n) is 10.8. The third kappa shape index (κ3) is 5.11. The molecule has 2 atom stereocenters. The molecule has 5 nitrogen and oxygen atoms in total. The van der Waals surface area contributed by atoms with Crippen LogP contribution in [-0.2, 0) is 0 Å². The number of hydrogen-bond acceptors (Lipinski definition) is 5. The SMILES string of the molecule is COc1ccc(N2CCN([C@@H](c3cccs3)[C@@H](C)NC(=O)c3cccc(F)c3)CC2)cc1. The molecule has 0 aliphatic carbocycles. The van der Waals surface area contributed by atoms with Crippen LogP contribution in [0.2, 0.25) is 0 Å². The average molecular weight is 454 g/mol. The summed E-state index contributed by atoms with van der Waals surface area (Å²) in [6.07, 6.45) is 0. The third-order valence-electron chi connectivity index (χ3n) is 5.90. The van der Waals surface area contributed by atoms with Gasteiger partial charge in [0.2, 0.25) is 0 Å². The smallest absolute Gasteiger partial charge is 0.251 e. The molecule has 0 saturated carbocycles. The molecule has 1 fully saturated rings. The molecule has 1 aliphatic rings. The Morgan fingerprint density at radius 1 is 1.06 bits per heavy atom. The van der Waals surface area contributed by atoms with E-state index in [0.717, 1.165) is 31.9 Å². The maximum atomic E-state index is 13.6. The van der Waals surface area contributed by atoms with E-state index in [9.17, 15) is 9.18 Å². The molecule has 3 aromatic rings. The van der Waals surface area contributed by atoms with Crippen LogP contribution in [0.3, 0.4) is 0 Å². The van der Waals surface area contributed by atoms with Gasteiger partial charge in [0.05, 0.1) is 13.2 Å². The molecule has 32 heavy (non-hydrogen) atoms. The fraction of sp³-hybridized carbons (Fsp3) is 0.320. The molecule has 1 amide bonds. The van der Waals surface area contributed by atoms with Gasteiger partial charge in [-0.25, -0.2) is 4.39 Å². The van der Waals surface area contributed by atoms with Gasteiger partial charge in [-0.2, -0.15) is 0 Å². The number of hydrogen-bond donors (Lipinski definition) is 1. The van der Waals surface area contributed by atoms with Gasteiger partial charge >= 0.3 is 0 Å². The van der Waals surface area contributed by atoms with Gasteiger partial charge in [0, 0.05) is 48.3 Å². The molecule has 1 aliphatic heterocycles. The molecule has 0 radical (unpaired) electrons. The van der Waals surface area contributed by atoms with Crippen LogP contribution in [0.15, 0.2) is 66.0 Å². The summed E-state index contributed by atoms with van der Waals surface area (Å²) in [6, 6.07) is 18.1. The average Bonchev–Trinajstić information content (AvgIpc) is 3.34. The predicted octanol–water partition coefficient (Wildman–Crippen LogP) is 4.58. The van der Waals surface area contributed by atoms with E-state index in [0.29, 0.717) is 5.56 Å². The fourth-order valence-corrected chi connectivity index (χ4v) is 5.22. The topological polar surface area (TPSA) is 44.8 Å². The van der Waals surface area contributed by atoms with Gasteiger partial charge in [-0.05, 0) is 60.8 Å². The van der Waals surface area contributed by atoms with Crippen LogP contribution < -0.4 is 15.0 Å². The molecule has 1 N–H and O–H groups in total. The Morgan fingerprint density at radius 3 is 2.44 bits per heavy atom. The Morgan fingerprint density at radius 2 is 1.81 bits per heavy atom. The number of ether oxygens (including phenoxy) is 1. The number of anilines is 1. The Bertz CT molecular complexity index is 1020. The molecular formula is C25H28FN3O2S. The highest BCUT2D eigenvalue weighted by molar-refractivity contribution is 7.10. The lowest BCUT2D eigenvalue weighted by atomic mass is 10.0. The van der Waals surface area contributed by atoms with Gasteiger partial charge in [0.1, 0.15) is 11.6 Å². The number of benzene rings is 2. The molecule has 0 unspecified atom stereocenters. The van der Waals surface area contributed by atoms with E-state index in [1.165, 1.54) is 22.7 Å². The van der Waals surface area contributed by atoms with E-state index in [1.807, 2.05) is 25.1 Å². The summed E-state index contributed by atoms with van der Waals surface area (Å²) >= 11 is 1.70. The highest BCUT2D eigenvalue weighted by Crippen LogP contribution is 2.30. The van der Waals surface area contributed by atoms with Crippen molar-refractivity contribution < 1.29 is 13.9 Å². The second kappa shape index (κ2) is 10.1. The van der Waals surface area contributed by atoms with Crippen LogP contribution in [0, 0.1) is 5.82 Å². The number of amides is 1. The zero-order valence-electron chi connectivity index (χ0n) is 18.3. The Labute approximate surface area is 192 Å². The zero-order valence-corrected chi connectivity index (χ0v) is 19.1. The quantitative estimate of drug-likeness (QED) is 0.569. The number of rotatable bonds is 7. The largest absolute Gasteiger partial charge is 0.497 e. The molecule has 1 saturated heterocycles. The van der Waals surface area contributed by atoms with Crippen LogP contribution in [0.1, 0.15) is 28.2 Å². The van der Waals surface area contributed by atoms with Crippen molar-refractivity contribution in [1.82, 2.24) is 10.2 Å². The number of methoxy groups -OCH3 is 1. The normalized spacial score (nSPS) is 16.4. The Balaban J connectivity index is 1.45. The fourth-order valence-electron chi connectivity index (χ4n) is 4.25. The summed E-state index contributed by atoms with van der Waals surface area (Å²) in [5.74, 6) is 0.193. The second-order valence-corrected chi connectivity index (χ2v) is 8.93. The second-order valence-electron chi connectivity index (χ2n) is 7.95. The van der Waals surface area contributed by atoms with Crippen molar-refractivity contribution in [2.24, 2.45) is 0 Å². The Hall–Kier alpha value is -2.90. The van der Waals surface area contributed by atoms with Crippen molar-refractivity contribution in [2.45, 2.75) is 19.0 Å². The molecule has 1 aromatic heterocycles. The van der Waals surface area contributed by atoms with Crippen molar-refractivity contribution in [1.29, 1.82) is 0 Å². The van der Waals surface area contributed by atoms with Crippen LogP contribution in [-0.4, -0.2) is 50.1 Å². The molecule has 4 rings (SSSR count). The van der Waals surface area contributed by atoms with Gasteiger partial charge in [0.25, 0.3) is 5.91 Å². The summed E-state index contributed by atoms with van der Waals surface area (Å²) in [7, 11) is 1.67. The van der Waals surface area contributed by atoms with Gasteiger partial charge in [-0.3, -0.25) is 9.69 Å². The standard InChI is InChI=1S/C25H28FN3O2S/c1-18(27-25(30)19-5-3-6-20(26)17-19)24(23-7-4-16-32-23)29-14-12-28(13-15-29)21-8-10-22(31-2)11-9-21/h3-11,16-18,24H,12-15H2,1-2H3,(H,27,30)/t18-,24-/m1/s1. The maximum absolute atomic E-state index is 13.6. The number of thiophene rings is 1. The first-order valence-corrected chi connectivity index (χ1v) is 11.7. The summed E-state index contributed by atoms with van der Waals surface area (Å²) < 4.78 is 18.8. The van der Waals surface area contributed by atoms with E-state index in [2.05, 4.69) is 38.7 Å². The lowest BCUT2D eigenvalue weighted by Gasteiger charge is -2.42. The number of piperazine rings is 1. The third-order valence-corrected chi connectivity index (χ3v) is 6.84. The van der Waals surface area contributed by atoms with Crippen molar-refractivity contribution >= 4 is 22.9 Å². The highest BCUT2D eigenvalue weighted by atomic mass is 32.1. The molecule has 0 spiro atoms. The van der Waals surface area contributed by atoms with Gasteiger partial charge < -0.3 is 15.0 Å². The minimum atomic E-state index is -0.408. The van der Waals surface area contributed by atoms with Gasteiger partial charge in [0.15, 0.2) is 0 Å². The van der Waals surface area contributed by atoms with Gasteiger partial charge in [-0.15, -0.1) is 11.3 Å². The molecule has 168 valence electrons. The number of halogens is 1. The van der Waals surface area contributed by atoms with Crippen LogP contribution >= 0.6 is 11.3 Å². The van der Waals surface area contributed by atoms with Crippen LogP contribution in [0.25, 0.3) is 0 Å². The number of nitrogens with zero attached hydrogens (tertiary/aromatic N) is 2. The van der Waals surface area contributed by atoms with E-state index in [4.69, 9.17) is 4.74 Å². The van der Waals surface area contributed by atoms with Gasteiger partial charge in [-0.1, -0.05) is 12.1 Å². The first-order chi connectivity index (χ1) is 15.5. The zero-order chi connectivity index (χ0) is 22.5. The summed E-state index contributed by atoms with van der Waals surface area (Å²) in [5, 5.41) is 5.16. The molecule has 2 heterocycles. The Kier molecular flexibility index (Phi) is 7.07. The number of nitrogens with one attached hydrogen (secondary N) is 1. The van der Waals surface area contributed by atoms with E-state index in [1.54, 1.807) is 30.6 Å². The molecule has 2 aromatic carbocycles. The van der Waals surface area contributed by atoms with Crippen LogP contribution in [0.4, 0.5) is 10.1 Å². The van der Waals surface area contributed by atoms with E-state index in [-0.39, 0.29) is 18.0 Å². The predicted molar refractivity (Wildman–Crippen MR) is 127 cm³/mol. The van der Waals surface area contributed by atoms with E-state index < -0.39 is 5.82 Å². The first kappa shape index (κ1) is 22.3. The number of carbonyl (C=O) groups excluding carboxylic acids is 1. The lowest BCUT2D eigenvalue weighted by Crippen LogP contribution is -2.52. The van der Waals surface area contributed by atoms with Crippen LogP contribution in [0.5, 0.6) is 5.75 Å². The van der Waals surface area contributed by atoms with E-state index >= 15 is 0 Å².